The minimum absolute atomic E-state index is 0.132. The van der Waals surface area contributed by atoms with Crippen molar-refractivity contribution in [3.05, 3.63) is 29.7 Å². The Balaban J connectivity index is 1.47. The molecule has 0 aliphatic carbocycles. The van der Waals surface area contributed by atoms with Crippen molar-refractivity contribution in [1.82, 2.24) is 15.0 Å². The third-order valence-corrected chi connectivity index (χ3v) is 5.18. The first-order valence-corrected chi connectivity index (χ1v) is 9.33. The largest absolute Gasteiger partial charge is 0.453 e. The summed E-state index contributed by atoms with van der Waals surface area (Å²) in [5.74, 6) is 1.25. The van der Waals surface area contributed by atoms with Crippen LogP contribution >= 0.6 is 0 Å². The topological polar surface area (TPSA) is 114 Å². The van der Waals surface area contributed by atoms with E-state index in [9.17, 15) is 4.79 Å². The molecular weight excluding hydrogens is 362 g/mol. The van der Waals surface area contributed by atoms with Crippen molar-refractivity contribution in [2.24, 2.45) is 0 Å². The van der Waals surface area contributed by atoms with E-state index < -0.39 is 0 Å². The number of carbonyl (C=O) groups is 1. The maximum absolute atomic E-state index is 11.6. The highest BCUT2D eigenvalue weighted by Gasteiger charge is 2.28. The number of amides is 1. The van der Waals surface area contributed by atoms with Crippen molar-refractivity contribution in [1.29, 1.82) is 5.41 Å². The Morgan fingerprint density at radius 2 is 2.14 bits per heavy atom. The van der Waals surface area contributed by atoms with E-state index in [1.807, 2.05) is 18.2 Å². The maximum Gasteiger partial charge on any atom is 0.409 e. The van der Waals surface area contributed by atoms with Crippen LogP contribution in [0.1, 0.15) is 30.2 Å². The molecule has 2 N–H and O–H groups in total. The van der Waals surface area contributed by atoms with Crippen LogP contribution in [0.4, 0.5) is 10.5 Å². The van der Waals surface area contributed by atoms with Crippen LogP contribution in [0.25, 0.3) is 11.4 Å². The second kappa shape index (κ2) is 7.97. The molecule has 2 fully saturated rings. The summed E-state index contributed by atoms with van der Waals surface area (Å²) in [7, 11) is 1.39. The van der Waals surface area contributed by atoms with E-state index in [0.717, 1.165) is 29.7 Å². The molecule has 9 heteroatoms. The maximum atomic E-state index is 11.6. The number of hydrogen-bond acceptors (Lipinski definition) is 8. The van der Waals surface area contributed by atoms with Crippen LogP contribution in [0, 0.1) is 5.41 Å². The molecular formula is C19H23N5O4. The minimum atomic E-state index is -0.298. The van der Waals surface area contributed by atoms with Crippen LogP contribution in [-0.4, -0.2) is 66.8 Å². The zero-order chi connectivity index (χ0) is 19.5. The molecule has 1 aromatic carbocycles. The van der Waals surface area contributed by atoms with Gasteiger partial charge in [0.25, 0.3) is 0 Å². The monoisotopic (exact) mass is 385 g/mol. The average molecular weight is 385 g/mol. The number of methoxy groups -OCH3 is 1. The molecule has 2 aliphatic heterocycles. The van der Waals surface area contributed by atoms with Gasteiger partial charge in [-0.3, -0.25) is 0 Å². The molecule has 3 heterocycles. The van der Waals surface area contributed by atoms with Crippen LogP contribution < -0.4 is 5.32 Å². The molecule has 4 rings (SSSR count). The Hall–Kier alpha value is -2.94. The SMILES string of the molecule is COC(=O)N1CCC(c2nc(-c3ccc(C=N)c(NC4COC4)c3)no2)CC1. The van der Waals surface area contributed by atoms with Gasteiger partial charge in [0.05, 0.1) is 26.4 Å². The summed E-state index contributed by atoms with van der Waals surface area (Å²) in [5, 5.41) is 15.1. The predicted molar refractivity (Wildman–Crippen MR) is 102 cm³/mol. The second-order valence-corrected chi connectivity index (χ2v) is 7.01. The van der Waals surface area contributed by atoms with Crippen LogP contribution in [0.2, 0.25) is 0 Å². The molecule has 1 aromatic heterocycles. The van der Waals surface area contributed by atoms with Gasteiger partial charge in [-0.15, -0.1) is 0 Å². The molecule has 0 unspecified atom stereocenters. The van der Waals surface area contributed by atoms with Crippen molar-refractivity contribution in [2.75, 3.05) is 38.7 Å². The zero-order valence-corrected chi connectivity index (χ0v) is 15.7. The number of hydrogen-bond donors (Lipinski definition) is 2. The van der Waals surface area contributed by atoms with Crippen LogP contribution in [0.3, 0.4) is 0 Å². The Morgan fingerprint density at radius 3 is 2.79 bits per heavy atom. The number of ether oxygens (including phenoxy) is 2. The molecule has 0 saturated carbocycles. The van der Waals surface area contributed by atoms with Gasteiger partial charge in [0.2, 0.25) is 11.7 Å². The van der Waals surface area contributed by atoms with Crippen molar-refractivity contribution >= 4 is 18.0 Å². The van der Waals surface area contributed by atoms with Gasteiger partial charge in [-0.2, -0.15) is 4.98 Å². The molecule has 1 amide bonds. The van der Waals surface area contributed by atoms with E-state index in [4.69, 9.17) is 19.4 Å². The Kier molecular flexibility index (Phi) is 5.25. The van der Waals surface area contributed by atoms with Crippen LogP contribution in [0.5, 0.6) is 0 Å². The lowest BCUT2D eigenvalue weighted by Crippen LogP contribution is -2.40. The van der Waals surface area contributed by atoms with E-state index in [0.29, 0.717) is 38.0 Å². The van der Waals surface area contributed by atoms with E-state index in [1.54, 1.807) is 4.90 Å². The predicted octanol–water partition coefficient (Wildman–Crippen LogP) is 2.49. The van der Waals surface area contributed by atoms with Crippen LogP contribution in [-0.2, 0) is 9.47 Å². The molecule has 0 atom stereocenters. The van der Waals surface area contributed by atoms with Crippen LogP contribution in [0.15, 0.2) is 22.7 Å². The van der Waals surface area contributed by atoms with Gasteiger partial charge in [-0.05, 0) is 18.9 Å². The lowest BCUT2D eigenvalue weighted by atomic mass is 9.97. The number of aromatic nitrogens is 2. The molecule has 28 heavy (non-hydrogen) atoms. The Bertz CT molecular complexity index is 856. The fourth-order valence-electron chi connectivity index (χ4n) is 3.44. The van der Waals surface area contributed by atoms with Gasteiger partial charge < -0.3 is 29.6 Å². The number of benzene rings is 1. The smallest absolute Gasteiger partial charge is 0.409 e. The second-order valence-electron chi connectivity index (χ2n) is 7.01. The normalized spacial score (nSPS) is 17.8. The Morgan fingerprint density at radius 1 is 1.36 bits per heavy atom. The number of carbonyl (C=O) groups excluding carboxylic acids is 1. The quantitative estimate of drug-likeness (QED) is 0.760. The van der Waals surface area contributed by atoms with Gasteiger partial charge in [0, 0.05) is 42.0 Å². The number of rotatable bonds is 5. The van der Waals surface area contributed by atoms with Crippen molar-refractivity contribution in [2.45, 2.75) is 24.8 Å². The van der Waals surface area contributed by atoms with Crippen molar-refractivity contribution < 1.29 is 18.8 Å². The molecule has 0 radical (unpaired) electrons. The fraction of sp³-hybridized carbons (Fsp3) is 0.474. The average Bonchev–Trinajstić information content (AvgIpc) is 3.20. The molecule has 148 valence electrons. The van der Waals surface area contributed by atoms with Gasteiger partial charge in [0.15, 0.2) is 0 Å². The highest BCUT2D eigenvalue weighted by molar-refractivity contribution is 5.87. The molecule has 2 aromatic rings. The summed E-state index contributed by atoms with van der Waals surface area (Å²) in [4.78, 5) is 17.9. The molecule has 2 saturated heterocycles. The highest BCUT2D eigenvalue weighted by Crippen LogP contribution is 2.30. The van der Waals surface area contributed by atoms with E-state index in [1.165, 1.54) is 13.3 Å². The number of piperidine rings is 1. The summed E-state index contributed by atoms with van der Waals surface area (Å²) in [5.41, 5.74) is 2.49. The summed E-state index contributed by atoms with van der Waals surface area (Å²) < 4.78 is 15.5. The summed E-state index contributed by atoms with van der Waals surface area (Å²) in [6.45, 7) is 2.55. The number of likely N-dealkylation sites (tertiary alicyclic amines) is 1. The number of nitrogens with one attached hydrogen (secondary N) is 2. The van der Waals surface area contributed by atoms with E-state index >= 15 is 0 Å². The standard InChI is InChI=1S/C19H23N5O4/c1-26-19(25)24-6-4-12(5-7-24)18-22-17(23-28-18)13-2-3-14(9-20)16(8-13)21-15-10-27-11-15/h2-3,8-9,12,15,20-21H,4-7,10-11H2,1H3. The summed E-state index contributed by atoms with van der Waals surface area (Å²) in [6, 6.07) is 5.95. The molecule has 9 nitrogen and oxygen atoms in total. The van der Waals surface area contributed by atoms with Gasteiger partial charge in [0.1, 0.15) is 0 Å². The first-order chi connectivity index (χ1) is 13.7. The number of anilines is 1. The highest BCUT2D eigenvalue weighted by atomic mass is 16.5. The zero-order valence-electron chi connectivity index (χ0n) is 15.7. The minimum Gasteiger partial charge on any atom is -0.453 e. The summed E-state index contributed by atoms with van der Waals surface area (Å²) in [6.07, 6.45) is 2.55. The third kappa shape index (κ3) is 3.70. The third-order valence-electron chi connectivity index (χ3n) is 5.18. The lowest BCUT2D eigenvalue weighted by Gasteiger charge is -2.29. The fourth-order valence-corrected chi connectivity index (χ4v) is 3.44. The first-order valence-electron chi connectivity index (χ1n) is 9.33. The molecule has 0 spiro atoms. The molecule has 0 bridgehead atoms. The van der Waals surface area contributed by atoms with Gasteiger partial charge >= 0.3 is 6.09 Å². The van der Waals surface area contributed by atoms with E-state index in [-0.39, 0.29) is 18.1 Å². The lowest BCUT2D eigenvalue weighted by molar-refractivity contribution is 0.0211. The number of nitrogens with zero attached hydrogens (tertiary/aromatic N) is 3. The first kappa shape index (κ1) is 18.4. The summed E-state index contributed by atoms with van der Waals surface area (Å²) >= 11 is 0. The van der Waals surface area contributed by atoms with Crippen molar-refractivity contribution in [3.63, 3.8) is 0 Å². The molecule has 2 aliphatic rings. The Labute approximate surface area is 162 Å². The van der Waals surface area contributed by atoms with Gasteiger partial charge in [-0.1, -0.05) is 17.3 Å². The van der Waals surface area contributed by atoms with Gasteiger partial charge in [-0.25, -0.2) is 4.79 Å². The van der Waals surface area contributed by atoms with E-state index in [2.05, 4.69) is 15.5 Å². The van der Waals surface area contributed by atoms with Crippen molar-refractivity contribution in [3.8, 4) is 11.4 Å².